The van der Waals surface area contributed by atoms with Crippen LogP contribution in [0.4, 0.5) is 8.78 Å². The molecule has 2 heterocycles. The summed E-state index contributed by atoms with van der Waals surface area (Å²) in [5.41, 5.74) is 2.42. The summed E-state index contributed by atoms with van der Waals surface area (Å²) >= 11 is 2.74. The van der Waals surface area contributed by atoms with Crippen LogP contribution >= 0.6 is 23.5 Å². The maximum atomic E-state index is 13.8. The molecule has 6 rings (SSSR count). The van der Waals surface area contributed by atoms with Crippen LogP contribution in [-0.2, 0) is 24.6 Å². The second-order valence-corrected chi connectivity index (χ2v) is 11.8. The number of benzene rings is 4. The van der Waals surface area contributed by atoms with E-state index in [9.17, 15) is 18.4 Å². The molecule has 6 aromatic rings. The molecule has 0 fully saturated rings. The first-order valence-corrected chi connectivity index (χ1v) is 15.7. The zero-order chi connectivity index (χ0) is 29.8. The van der Waals surface area contributed by atoms with Crippen molar-refractivity contribution in [2.75, 3.05) is 0 Å². The van der Waals surface area contributed by atoms with Gasteiger partial charge in [0.2, 0.25) is 0 Å². The van der Waals surface area contributed by atoms with Crippen LogP contribution in [-0.4, -0.2) is 19.1 Å². The number of halogens is 2. The van der Waals surface area contributed by atoms with E-state index in [4.69, 9.17) is 9.97 Å². The highest BCUT2D eigenvalue weighted by atomic mass is 32.2. The zero-order valence-electron chi connectivity index (χ0n) is 23.0. The number of hydrogen-bond acceptors (Lipinski definition) is 6. The molecule has 0 saturated carbocycles. The highest BCUT2D eigenvalue weighted by Gasteiger charge is 2.15. The van der Waals surface area contributed by atoms with Crippen LogP contribution in [0.2, 0.25) is 0 Å². The fourth-order valence-electron chi connectivity index (χ4n) is 4.85. The van der Waals surface area contributed by atoms with Gasteiger partial charge in [0.15, 0.2) is 10.3 Å². The first-order chi connectivity index (χ1) is 21.0. The Morgan fingerprint density at radius 1 is 0.581 bits per heavy atom. The van der Waals surface area contributed by atoms with Gasteiger partial charge in [-0.05, 0) is 66.1 Å². The van der Waals surface area contributed by atoms with E-state index in [0.717, 1.165) is 11.1 Å². The van der Waals surface area contributed by atoms with Gasteiger partial charge < -0.3 is 0 Å². The van der Waals surface area contributed by atoms with E-state index in [1.165, 1.54) is 47.8 Å². The Kier molecular flexibility index (Phi) is 8.67. The van der Waals surface area contributed by atoms with Crippen molar-refractivity contribution in [3.63, 3.8) is 0 Å². The van der Waals surface area contributed by atoms with Crippen LogP contribution in [0.15, 0.2) is 117 Å². The van der Waals surface area contributed by atoms with Gasteiger partial charge in [-0.3, -0.25) is 18.7 Å². The molecule has 2 aromatic heterocycles. The molecular formula is C33H26F2N4O2S2. The third kappa shape index (κ3) is 6.55. The van der Waals surface area contributed by atoms with Crippen LogP contribution in [0.5, 0.6) is 0 Å². The molecule has 0 saturated heterocycles. The van der Waals surface area contributed by atoms with Crippen molar-refractivity contribution < 1.29 is 8.78 Å². The van der Waals surface area contributed by atoms with Crippen LogP contribution in [0.3, 0.4) is 0 Å². The number of nitrogens with zero attached hydrogens (tertiary/aromatic N) is 4. The minimum atomic E-state index is -0.317. The predicted octanol–water partition coefficient (Wildman–Crippen LogP) is 7.06. The van der Waals surface area contributed by atoms with E-state index in [-0.39, 0.29) is 22.8 Å². The fraction of sp³-hybridized carbons (Fsp3) is 0.152. The lowest BCUT2D eigenvalue weighted by Crippen LogP contribution is -2.27. The second-order valence-electron chi connectivity index (χ2n) is 9.93. The van der Waals surface area contributed by atoms with Gasteiger partial charge in [0.25, 0.3) is 11.1 Å². The molecule has 0 unspecified atom stereocenters. The molecule has 0 atom stereocenters. The highest BCUT2D eigenvalue weighted by molar-refractivity contribution is 7.98. The molecule has 4 aromatic carbocycles. The Balaban J connectivity index is 1.29. The molecule has 0 radical (unpaired) electrons. The summed E-state index contributed by atoms with van der Waals surface area (Å²) in [6.45, 7) is 0.630. The Morgan fingerprint density at radius 2 is 1.02 bits per heavy atom. The smallest absolute Gasteiger partial charge is 0.262 e. The van der Waals surface area contributed by atoms with Crippen molar-refractivity contribution in [1.82, 2.24) is 19.1 Å². The van der Waals surface area contributed by atoms with Crippen LogP contribution < -0.4 is 11.1 Å². The SMILES string of the molecule is O=c1c2ccccc2nc(SCc2cccc(F)c2)n1CCCn1c(SCc2cccc(F)c2)nc2ccccc2c1=O. The molecule has 0 bridgehead atoms. The van der Waals surface area contributed by atoms with Gasteiger partial charge in [-0.1, -0.05) is 72.1 Å². The van der Waals surface area contributed by atoms with Crippen LogP contribution in [0.25, 0.3) is 21.8 Å². The van der Waals surface area contributed by atoms with Gasteiger partial charge >= 0.3 is 0 Å². The van der Waals surface area contributed by atoms with Crippen molar-refractivity contribution in [1.29, 1.82) is 0 Å². The maximum absolute atomic E-state index is 13.8. The van der Waals surface area contributed by atoms with Crippen LogP contribution in [0.1, 0.15) is 17.5 Å². The van der Waals surface area contributed by atoms with Gasteiger partial charge in [0.1, 0.15) is 11.6 Å². The molecule has 0 spiro atoms. The summed E-state index contributed by atoms with van der Waals surface area (Å²) in [5, 5.41) is 2.07. The number of rotatable bonds is 10. The molecule has 0 N–H and O–H groups in total. The van der Waals surface area contributed by atoms with Gasteiger partial charge in [0.05, 0.1) is 21.8 Å². The summed E-state index contributed by atoms with van der Waals surface area (Å²) < 4.78 is 30.8. The third-order valence-corrected chi connectivity index (χ3v) is 9.03. The van der Waals surface area contributed by atoms with E-state index in [1.54, 1.807) is 57.7 Å². The summed E-state index contributed by atoms with van der Waals surface area (Å²) in [5.74, 6) is 0.250. The largest absolute Gasteiger partial charge is 0.287 e. The normalized spacial score (nSPS) is 11.4. The molecule has 0 aliphatic heterocycles. The molecule has 43 heavy (non-hydrogen) atoms. The summed E-state index contributed by atoms with van der Waals surface area (Å²) in [4.78, 5) is 36.7. The Labute approximate surface area is 254 Å². The lowest BCUT2D eigenvalue weighted by molar-refractivity contribution is 0.489. The molecule has 0 amide bonds. The number of thioether (sulfide) groups is 2. The number of aromatic nitrogens is 4. The van der Waals surface area contributed by atoms with Crippen LogP contribution in [0, 0.1) is 11.6 Å². The van der Waals surface area contributed by atoms with Crippen molar-refractivity contribution in [2.24, 2.45) is 0 Å². The number of para-hydroxylation sites is 2. The number of fused-ring (bicyclic) bond motifs is 2. The summed E-state index contributed by atoms with van der Waals surface area (Å²) in [7, 11) is 0. The fourth-order valence-corrected chi connectivity index (χ4v) is 6.78. The van der Waals surface area contributed by atoms with Crippen molar-refractivity contribution in [3.05, 3.63) is 141 Å². The molecule has 0 aliphatic carbocycles. The maximum Gasteiger partial charge on any atom is 0.262 e. The summed E-state index contributed by atoms with van der Waals surface area (Å²) in [6, 6.07) is 27.1. The molecule has 216 valence electrons. The zero-order valence-corrected chi connectivity index (χ0v) is 24.6. The predicted molar refractivity (Wildman–Crippen MR) is 169 cm³/mol. The van der Waals surface area contributed by atoms with Crippen molar-refractivity contribution >= 4 is 45.3 Å². The first-order valence-electron chi connectivity index (χ1n) is 13.7. The topological polar surface area (TPSA) is 69.8 Å². The highest BCUT2D eigenvalue weighted by Crippen LogP contribution is 2.25. The molecule has 0 aliphatic rings. The summed E-state index contributed by atoms with van der Waals surface area (Å²) in [6.07, 6.45) is 0.459. The average Bonchev–Trinajstić information content (AvgIpc) is 3.01. The molecular weight excluding hydrogens is 587 g/mol. The standard InChI is InChI=1S/C33H26F2N4O2S2/c34-24-10-5-8-22(18-24)20-42-32-36-28-14-3-1-12-26(28)30(40)38(32)16-7-17-39-31(41)27-13-2-4-15-29(27)37-33(39)43-21-23-9-6-11-25(35)19-23/h1-6,8-15,18-19H,7,16-17,20-21H2. The lowest BCUT2D eigenvalue weighted by Gasteiger charge is -2.16. The quantitative estimate of drug-likeness (QED) is 0.122. The van der Waals surface area contributed by atoms with Gasteiger partial charge in [0, 0.05) is 24.6 Å². The Hall–Kier alpha value is -4.28. The molecule has 10 heteroatoms. The van der Waals surface area contributed by atoms with Gasteiger partial charge in [-0.25, -0.2) is 18.7 Å². The van der Waals surface area contributed by atoms with Gasteiger partial charge in [-0.2, -0.15) is 0 Å². The van der Waals surface area contributed by atoms with Crippen molar-refractivity contribution in [3.8, 4) is 0 Å². The first kappa shape index (κ1) is 28.8. The van der Waals surface area contributed by atoms with Crippen molar-refractivity contribution in [2.45, 2.75) is 41.3 Å². The lowest BCUT2D eigenvalue weighted by atomic mass is 10.2. The van der Waals surface area contributed by atoms with Gasteiger partial charge in [-0.15, -0.1) is 0 Å². The monoisotopic (exact) mass is 612 g/mol. The van der Waals surface area contributed by atoms with E-state index in [2.05, 4.69) is 0 Å². The van der Waals surface area contributed by atoms with E-state index in [0.29, 0.717) is 63.1 Å². The van der Waals surface area contributed by atoms with E-state index >= 15 is 0 Å². The average molecular weight is 613 g/mol. The van der Waals surface area contributed by atoms with E-state index in [1.807, 2.05) is 24.3 Å². The Morgan fingerprint density at radius 3 is 1.47 bits per heavy atom. The Bertz CT molecular complexity index is 1920. The minimum Gasteiger partial charge on any atom is -0.287 e. The third-order valence-electron chi connectivity index (χ3n) is 6.93. The number of hydrogen-bond donors (Lipinski definition) is 0. The second kappa shape index (κ2) is 12.9. The molecule has 6 nitrogen and oxygen atoms in total. The minimum absolute atomic E-state index is 0.169. The van der Waals surface area contributed by atoms with E-state index < -0.39 is 0 Å².